The van der Waals surface area contributed by atoms with Gasteiger partial charge in [-0.3, -0.25) is 0 Å². The van der Waals surface area contributed by atoms with Crippen molar-refractivity contribution in [1.82, 2.24) is 0 Å². The third kappa shape index (κ3) is 0.992. The van der Waals surface area contributed by atoms with Crippen LogP contribution in [0.15, 0.2) is 0 Å². The van der Waals surface area contributed by atoms with Gasteiger partial charge in [-0.25, -0.2) is 0 Å². The zero-order chi connectivity index (χ0) is 8.89. The Labute approximate surface area is 75.5 Å². The lowest BCUT2D eigenvalue weighted by Gasteiger charge is -2.25. The minimum Gasteiger partial charge on any atom is -0.388 e. The fourth-order valence-corrected chi connectivity index (χ4v) is 2.18. The molecule has 5 nitrogen and oxygen atoms in total. The Morgan fingerprint density at radius 2 is 1.92 bits per heavy atom. The molecule has 3 aliphatic heterocycles. The summed E-state index contributed by atoms with van der Waals surface area (Å²) in [5, 5.41) is 9.48. The molecule has 3 unspecified atom stereocenters. The molecule has 1 N–H and O–H groups in total. The van der Waals surface area contributed by atoms with Crippen LogP contribution in [0.3, 0.4) is 0 Å². The summed E-state index contributed by atoms with van der Waals surface area (Å²) in [5.74, 6) is -0.734. The van der Waals surface area contributed by atoms with Crippen molar-refractivity contribution in [3.8, 4) is 0 Å². The minimum absolute atomic E-state index is 0.259. The van der Waals surface area contributed by atoms with Crippen molar-refractivity contribution >= 4 is 0 Å². The van der Waals surface area contributed by atoms with E-state index in [1.165, 1.54) is 0 Å². The highest BCUT2D eigenvalue weighted by Gasteiger charge is 2.60. The molecule has 0 aromatic carbocycles. The van der Waals surface area contributed by atoms with Crippen molar-refractivity contribution in [3.05, 3.63) is 0 Å². The van der Waals surface area contributed by atoms with E-state index < -0.39 is 11.9 Å². The number of ether oxygens (including phenoxy) is 4. The van der Waals surface area contributed by atoms with Crippen LogP contribution in [0.5, 0.6) is 0 Å². The molecule has 0 saturated carbocycles. The van der Waals surface area contributed by atoms with Crippen LogP contribution in [-0.4, -0.2) is 55.6 Å². The quantitative estimate of drug-likeness (QED) is 0.522. The molecule has 3 fully saturated rings. The van der Waals surface area contributed by atoms with Gasteiger partial charge >= 0.3 is 0 Å². The molecule has 0 aromatic heterocycles. The van der Waals surface area contributed by atoms with E-state index in [0.29, 0.717) is 26.4 Å². The summed E-state index contributed by atoms with van der Waals surface area (Å²) >= 11 is 0. The molecule has 5 heteroatoms. The number of rotatable bonds is 0. The second-order valence-corrected chi connectivity index (χ2v) is 3.61. The molecule has 13 heavy (non-hydrogen) atoms. The van der Waals surface area contributed by atoms with Gasteiger partial charge in [0.1, 0.15) is 24.9 Å². The van der Waals surface area contributed by atoms with Crippen LogP contribution in [0.1, 0.15) is 0 Å². The Bertz CT molecular complexity index is 213. The fourth-order valence-electron chi connectivity index (χ4n) is 2.18. The normalized spacial score (nSPS) is 47.3. The number of aliphatic hydroxyl groups excluding tert-OH is 1. The summed E-state index contributed by atoms with van der Waals surface area (Å²) in [4.78, 5) is 0. The van der Waals surface area contributed by atoms with E-state index in [1.807, 2.05) is 0 Å². The standard InChI is InChI=1S/C8H12O5/c9-5-3-10-7-6(5)11-4-8(7)12-1-2-13-8/h5-7,9H,1-4H2. The largest absolute Gasteiger partial charge is 0.388 e. The molecule has 0 aromatic rings. The highest BCUT2D eigenvalue weighted by Crippen LogP contribution is 2.39. The molecule has 0 bridgehead atoms. The van der Waals surface area contributed by atoms with Gasteiger partial charge in [0.15, 0.2) is 0 Å². The van der Waals surface area contributed by atoms with Gasteiger partial charge in [0.25, 0.3) is 0 Å². The SMILES string of the molecule is OC1COC2C1OCC21OCCO1. The third-order valence-corrected chi connectivity index (χ3v) is 2.81. The van der Waals surface area contributed by atoms with Crippen molar-refractivity contribution < 1.29 is 24.1 Å². The van der Waals surface area contributed by atoms with Gasteiger partial charge in [-0.05, 0) is 0 Å². The first kappa shape index (κ1) is 8.14. The van der Waals surface area contributed by atoms with Gasteiger partial charge in [0.05, 0.1) is 19.8 Å². The predicted octanol–water partition coefficient (Wildman–Crippen LogP) is -1.11. The zero-order valence-corrected chi connectivity index (χ0v) is 7.14. The fraction of sp³-hybridized carbons (Fsp3) is 1.00. The number of hydrogen-bond acceptors (Lipinski definition) is 5. The Balaban J connectivity index is 1.85. The summed E-state index contributed by atoms with van der Waals surface area (Å²) in [5.41, 5.74) is 0. The first-order chi connectivity index (χ1) is 6.32. The Morgan fingerprint density at radius 1 is 1.15 bits per heavy atom. The van der Waals surface area contributed by atoms with Crippen molar-refractivity contribution in [2.24, 2.45) is 0 Å². The molecule has 1 spiro atoms. The van der Waals surface area contributed by atoms with Gasteiger partial charge < -0.3 is 24.1 Å². The zero-order valence-electron chi connectivity index (χ0n) is 7.14. The van der Waals surface area contributed by atoms with E-state index in [1.54, 1.807) is 0 Å². The molecule has 3 saturated heterocycles. The average Bonchev–Trinajstić information content (AvgIpc) is 2.76. The molecule has 3 atom stereocenters. The molecular weight excluding hydrogens is 176 g/mol. The second-order valence-electron chi connectivity index (χ2n) is 3.61. The Hall–Kier alpha value is -0.200. The van der Waals surface area contributed by atoms with E-state index in [-0.39, 0.29) is 12.2 Å². The van der Waals surface area contributed by atoms with E-state index in [2.05, 4.69) is 0 Å². The third-order valence-electron chi connectivity index (χ3n) is 2.81. The molecular formula is C8H12O5. The highest BCUT2D eigenvalue weighted by molar-refractivity contribution is 5.01. The minimum atomic E-state index is -0.734. The molecule has 0 aliphatic carbocycles. The first-order valence-electron chi connectivity index (χ1n) is 4.51. The number of aliphatic hydroxyl groups is 1. The monoisotopic (exact) mass is 188 g/mol. The highest BCUT2D eigenvalue weighted by atomic mass is 16.8. The van der Waals surface area contributed by atoms with Gasteiger partial charge in [-0.1, -0.05) is 0 Å². The van der Waals surface area contributed by atoms with Gasteiger partial charge in [0, 0.05) is 0 Å². The van der Waals surface area contributed by atoms with E-state index >= 15 is 0 Å². The van der Waals surface area contributed by atoms with Crippen molar-refractivity contribution in [1.29, 1.82) is 0 Å². The maximum Gasteiger partial charge on any atom is 0.221 e. The van der Waals surface area contributed by atoms with Crippen molar-refractivity contribution in [3.63, 3.8) is 0 Å². The second kappa shape index (κ2) is 2.65. The molecule has 3 rings (SSSR count). The van der Waals surface area contributed by atoms with Crippen LogP contribution in [0, 0.1) is 0 Å². The van der Waals surface area contributed by atoms with E-state index in [0.717, 1.165) is 0 Å². The summed E-state index contributed by atoms with van der Waals surface area (Å²) in [6, 6.07) is 0. The summed E-state index contributed by atoms with van der Waals surface area (Å²) < 4.78 is 21.8. The van der Waals surface area contributed by atoms with Gasteiger partial charge in [0.2, 0.25) is 5.79 Å². The Kier molecular flexibility index (Phi) is 1.66. The van der Waals surface area contributed by atoms with Gasteiger partial charge in [-0.2, -0.15) is 0 Å². The predicted molar refractivity (Wildman–Crippen MR) is 40.1 cm³/mol. The van der Waals surface area contributed by atoms with Crippen LogP contribution in [-0.2, 0) is 18.9 Å². The molecule has 3 heterocycles. The van der Waals surface area contributed by atoms with Crippen LogP contribution in [0.2, 0.25) is 0 Å². The van der Waals surface area contributed by atoms with Crippen LogP contribution < -0.4 is 0 Å². The van der Waals surface area contributed by atoms with Gasteiger partial charge in [-0.15, -0.1) is 0 Å². The van der Waals surface area contributed by atoms with Crippen molar-refractivity contribution in [2.75, 3.05) is 26.4 Å². The summed E-state index contributed by atoms with van der Waals surface area (Å²) in [6.45, 7) is 1.82. The lowest BCUT2D eigenvalue weighted by Crippen LogP contribution is -2.44. The first-order valence-corrected chi connectivity index (χ1v) is 4.51. The smallest absolute Gasteiger partial charge is 0.221 e. The average molecular weight is 188 g/mol. The molecule has 74 valence electrons. The maximum atomic E-state index is 9.48. The maximum absolute atomic E-state index is 9.48. The van der Waals surface area contributed by atoms with Crippen molar-refractivity contribution in [2.45, 2.75) is 24.1 Å². The van der Waals surface area contributed by atoms with E-state index in [4.69, 9.17) is 18.9 Å². The van der Waals surface area contributed by atoms with Crippen LogP contribution >= 0.6 is 0 Å². The molecule has 0 radical (unpaired) electrons. The summed E-state index contributed by atoms with van der Waals surface area (Å²) in [7, 11) is 0. The lowest BCUT2D eigenvalue weighted by atomic mass is 10.1. The molecule has 3 aliphatic rings. The number of hydrogen-bond donors (Lipinski definition) is 1. The van der Waals surface area contributed by atoms with Crippen LogP contribution in [0.4, 0.5) is 0 Å². The number of fused-ring (bicyclic) bond motifs is 2. The lowest BCUT2D eigenvalue weighted by molar-refractivity contribution is -0.206. The molecule has 0 amide bonds. The topological polar surface area (TPSA) is 57.2 Å². The Morgan fingerprint density at radius 3 is 2.69 bits per heavy atom. The van der Waals surface area contributed by atoms with Crippen LogP contribution in [0.25, 0.3) is 0 Å². The summed E-state index contributed by atoms with van der Waals surface area (Å²) in [6.07, 6.45) is -1.08. The van der Waals surface area contributed by atoms with E-state index in [9.17, 15) is 5.11 Å².